The molecule has 0 radical (unpaired) electrons. The van der Waals surface area contributed by atoms with Crippen molar-refractivity contribution in [2.24, 2.45) is 0 Å². The molecule has 1 amide bonds. The highest BCUT2D eigenvalue weighted by molar-refractivity contribution is 7.99. The lowest BCUT2D eigenvalue weighted by Crippen LogP contribution is -2.29. The van der Waals surface area contributed by atoms with E-state index in [0.717, 1.165) is 6.42 Å². The van der Waals surface area contributed by atoms with Gasteiger partial charge in [0.2, 0.25) is 17.8 Å². The fraction of sp³-hybridized carbons (Fsp3) is 0.500. The Labute approximate surface area is 147 Å². The summed E-state index contributed by atoms with van der Waals surface area (Å²) in [4.78, 5) is 12.9. The second kappa shape index (κ2) is 7.67. The number of anilines is 1. The molecule has 1 fully saturated rings. The minimum atomic E-state index is -1.17. The van der Waals surface area contributed by atoms with Crippen LogP contribution >= 0.6 is 11.8 Å². The third-order valence-electron chi connectivity index (χ3n) is 4.12. The summed E-state index contributed by atoms with van der Waals surface area (Å²) < 4.78 is 44.1. The SMILES string of the molecule is CCC(CN(C=O)c1noc2c(F)c(F)c(C3OCCO3)cc12)SC. The lowest BCUT2D eigenvalue weighted by molar-refractivity contribution is -0.107. The molecule has 1 aromatic heterocycles. The van der Waals surface area contributed by atoms with Gasteiger partial charge < -0.3 is 14.0 Å². The highest BCUT2D eigenvalue weighted by Gasteiger charge is 2.29. The monoisotopic (exact) mass is 372 g/mol. The van der Waals surface area contributed by atoms with Gasteiger partial charge in [-0.25, -0.2) is 4.39 Å². The van der Waals surface area contributed by atoms with E-state index in [0.29, 0.717) is 26.2 Å². The molecule has 136 valence electrons. The van der Waals surface area contributed by atoms with Gasteiger partial charge >= 0.3 is 0 Å². The molecule has 0 N–H and O–H groups in total. The van der Waals surface area contributed by atoms with Gasteiger partial charge in [0, 0.05) is 17.4 Å². The highest BCUT2D eigenvalue weighted by Crippen LogP contribution is 2.35. The van der Waals surface area contributed by atoms with E-state index in [1.54, 1.807) is 11.8 Å². The number of hydrogen-bond acceptors (Lipinski definition) is 6. The van der Waals surface area contributed by atoms with Crippen molar-refractivity contribution in [2.75, 3.05) is 30.9 Å². The molecular formula is C16H18F2N2O4S. The van der Waals surface area contributed by atoms with Crippen molar-refractivity contribution in [1.29, 1.82) is 0 Å². The molecule has 25 heavy (non-hydrogen) atoms. The predicted octanol–water partition coefficient (Wildman–Crippen LogP) is 3.26. The molecule has 0 bridgehead atoms. The zero-order valence-corrected chi connectivity index (χ0v) is 14.6. The Morgan fingerprint density at radius 2 is 2.12 bits per heavy atom. The first kappa shape index (κ1) is 18.1. The number of benzene rings is 1. The van der Waals surface area contributed by atoms with Crippen LogP contribution in [0.1, 0.15) is 25.2 Å². The molecule has 0 spiro atoms. The van der Waals surface area contributed by atoms with Crippen LogP contribution in [0.2, 0.25) is 0 Å². The number of carbonyl (C=O) groups is 1. The first-order valence-corrected chi connectivity index (χ1v) is 9.14. The Kier molecular flexibility index (Phi) is 5.55. The van der Waals surface area contributed by atoms with Crippen LogP contribution in [0.25, 0.3) is 11.0 Å². The Bertz CT molecular complexity index is 760. The normalized spacial score (nSPS) is 16.5. The molecule has 6 nitrogen and oxygen atoms in total. The summed E-state index contributed by atoms with van der Waals surface area (Å²) in [6.45, 7) is 2.99. The Morgan fingerprint density at radius 1 is 1.40 bits per heavy atom. The number of amides is 1. The van der Waals surface area contributed by atoms with E-state index in [2.05, 4.69) is 5.16 Å². The van der Waals surface area contributed by atoms with E-state index in [1.165, 1.54) is 11.0 Å². The maximum absolute atomic E-state index is 14.4. The average Bonchev–Trinajstić information content (AvgIpc) is 3.29. The second-order valence-corrected chi connectivity index (χ2v) is 6.71. The smallest absolute Gasteiger partial charge is 0.215 e. The first-order valence-electron chi connectivity index (χ1n) is 7.85. The maximum atomic E-state index is 14.4. The van der Waals surface area contributed by atoms with Crippen LogP contribution in [-0.2, 0) is 14.3 Å². The topological polar surface area (TPSA) is 64.8 Å². The number of carbonyl (C=O) groups excluding carboxylic acids is 1. The van der Waals surface area contributed by atoms with Crippen LogP contribution in [0.3, 0.4) is 0 Å². The fourth-order valence-corrected chi connectivity index (χ4v) is 3.35. The minimum absolute atomic E-state index is 0.0743. The second-order valence-electron chi connectivity index (χ2n) is 5.57. The van der Waals surface area contributed by atoms with Crippen LogP contribution in [-0.4, -0.2) is 42.8 Å². The van der Waals surface area contributed by atoms with Crippen LogP contribution in [0.5, 0.6) is 0 Å². The molecule has 2 aromatic rings. The van der Waals surface area contributed by atoms with Crippen LogP contribution in [0, 0.1) is 11.6 Å². The average molecular weight is 372 g/mol. The largest absolute Gasteiger partial charge is 0.351 e. The summed E-state index contributed by atoms with van der Waals surface area (Å²) in [5.74, 6) is -2.13. The summed E-state index contributed by atoms with van der Waals surface area (Å²) in [5, 5.41) is 4.17. The lowest BCUT2D eigenvalue weighted by atomic mass is 10.1. The summed E-state index contributed by atoms with van der Waals surface area (Å²) in [5.41, 5.74) is -0.409. The third kappa shape index (κ3) is 3.36. The zero-order valence-electron chi connectivity index (χ0n) is 13.8. The van der Waals surface area contributed by atoms with E-state index < -0.39 is 17.9 Å². The van der Waals surface area contributed by atoms with Gasteiger partial charge in [0.05, 0.1) is 18.6 Å². The Balaban J connectivity index is 2.05. The molecule has 1 atom stereocenters. The van der Waals surface area contributed by atoms with Gasteiger partial charge in [-0.2, -0.15) is 16.2 Å². The maximum Gasteiger partial charge on any atom is 0.215 e. The third-order valence-corrected chi connectivity index (χ3v) is 5.27. The van der Waals surface area contributed by atoms with Crippen molar-refractivity contribution >= 4 is 35.0 Å². The number of halogens is 2. The molecule has 1 aliphatic rings. The molecule has 9 heteroatoms. The van der Waals surface area contributed by atoms with Gasteiger partial charge in [0.25, 0.3) is 0 Å². The van der Waals surface area contributed by atoms with Crippen molar-refractivity contribution in [1.82, 2.24) is 5.16 Å². The van der Waals surface area contributed by atoms with Crippen molar-refractivity contribution in [3.8, 4) is 0 Å². The summed E-state index contributed by atoms with van der Waals surface area (Å²) in [6, 6.07) is 1.37. The van der Waals surface area contributed by atoms with Crippen LogP contribution in [0.4, 0.5) is 14.6 Å². The number of rotatable bonds is 7. The molecule has 1 saturated heterocycles. The van der Waals surface area contributed by atoms with E-state index in [4.69, 9.17) is 14.0 Å². The molecule has 1 unspecified atom stereocenters. The van der Waals surface area contributed by atoms with Gasteiger partial charge in [0.1, 0.15) is 0 Å². The number of aromatic nitrogens is 1. The molecule has 0 saturated carbocycles. The molecule has 0 aliphatic carbocycles. The van der Waals surface area contributed by atoms with E-state index in [1.807, 2.05) is 13.2 Å². The highest BCUT2D eigenvalue weighted by atomic mass is 32.2. The number of thioether (sulfide) groups is 1. The number of nitrogens with zero attached hydrogens (tertiary/aromatic N) is 2. The summed E-state index contributed by atoms with van der Waals surface area (Å²) >= 11 is 1.61. The number of hydrogen-bond donors (Lipinski definition) is 0. The van der Waals surface area contributed by atoms with E-state index >= 15 is 0 Å². The lowest BCUT2D eigenvalue weighted by Gasteiger charge is -2.20. The van der Waals surface area contributed by atoms with Gasteiger partial charge in [-0.1, -0.05) is 12.1 Å². The van der Waals surface area contributed by atoms with Crippen LogP contribution in [0.15, 0.2) is 10.6 Å². The number of ether oxygens (including phenoxy) is 2. The van der Waals surface area contributed by atoms with E-state index in [-0.39, 0.29) is 27.6 Å². The molecule has 1 aliphatic heterocycles. The van der Waals surface area contributed by atoms with Crippen molar-refractivity contribution in [3.63, 3.8) is 0 Å². The summed E-state index contributed by atoms with van der Waals surface area (Å²) in [7, 11) is 0. The molecule has 1 aromatic carbocycles. The zero-order chi connectivity index (χ0) is 18.0. The van der Waals surface area contributed by atoms with Crippen molar-refractivity contribution < 1.29 is 27.6 Å². The predicted molar refractivity (Wildman–Crippen MR) is 89.6 cm³/mol. The first-order chi connectivity index (χ1) is 12.1. The molecular weight excluding hydrogens is 354 g/mol. The van der Waals surface area contributed by atoms with Crippen LogP contribution < -0.4 is 4.90 Å². The van der Waals surface area contributed by atoms with Gasteiger partial charge in [-0.05, 0) is 18.7 Å². The quantitative estimate of drug-likeness (QED) is 0.695. The van der Waals surface area contributed by atoms with Gasteiger partial charge in [-0.15, -0.1) is 0 Å². The van der Waals surface area contributed by atoms with Crippen molar-refractivity contribution in [2.45, 2.75) is 24.9 Å². The van der Waals surface area contributed by atoms with Gasteiger partial charge in [-0.3, -0.25) is 9.69 Å². The van der Waals surface area contributed by atoms with E-state index in [9.17, 15) is 13.6 Å². The van der Waals surface area contributed by atoms with Crippen molar-refractivity contribution in [3.05, 3.63) is 23.3 Å². The molecule has 3 rings (SSSR count). The standard InChI is InChI=1S/C16H18F2N2O4S/c1-3-9(25-2)7-20(8-21)15-11-6-10(16-22-4-5-23-16)12(17)13(18)14(11)24-19-15/h6,8-9,16H,3-5,7H2,1-2H3. The molecule has 2 heterocycles. The fourth-order valence-electron chi connectivity index (χ4n) is 2.71. The number of fused-ring (bicyclic) bond motifs is 1. The minimum Gasteiger partial charge on any atom is -0.351 e. The Morgan fingerprint density at radius 3 is 2.72 bits per heavy atom. The Hall–Kier alpha value is -1.71. The summed E-state index contributed by atoms with van der Waals surface area (Å²) in [6.07, 6.45) is 2.42. The van der Waals surface area contributed by atoms with Gasteiger partial charge in [0.15, 0.2) is 17.9 Å².